The highest BCUT2D eigenvalue weighted by atomic mass is 32.2. The fourth-order valence-corrected chi connectivity index (χ4v) is 2.74. The Morgan fingerprint density at radius 3 is 2.59 bits per heavy atom. The number of nitrogens with one attached hydrogen (secondary N) is 2. The second kappa shape index (κ2) is 5.88. The average molecular weight is 337 g/mol. The van der Waals surface area contributed by atoms with Gasteiger partial charge in [0.1, 0.15) is 35.9 Å². The number of hydrogen-bond donors (Lipinski definition) is 7. The van der Waals surface area contributed by atoms with Crippen LogP contribution in [0.25, 0.3) is 0 Å². The fraction of sp³-hybridized carbons (Fsp3) is 0.556. The highest BCUT2D eigenvalue weighted by Gasteiger charge is 2.51. The second-order valence-corrected chi connectivity index (χ2v) is 6.40. The summed E-state index contributed by atoms with van der Waals surface area (Å²) in [6, 6.07) is 0. The van der Waals surface area contributed by atoms with E-state index in [-0.39, 0.29) is 11.5 Å². The summed E-state index contributed by atoms with van der Waals surface area (Å²) in [5.41, 5.74) is 2.66. The maximum atomic E-state index is 11.4. The summed E-state index contributed by atoms with van der Waals surface area (Å²) in [5.74, 6) is 3.88. The van der Waals surface area contributed by atoms with Crippen molar-refractivity contribution in [3.8, 4) is 0 Å². The van der Waals surface area contributed by atoms with Gasteiger partial charge in [0.15, 0.2) is 5.44 Å². The molecule has 1 aromatic heterocycles. The van der Waals surface area contributed by atoms with Crippen LogP contribution in [0.15, 0.2) is 6.20 Å². The van der Waals surface area contributed by atoms with Crippen molar-refractivity contribution in [2.24, 2.45) is 11.6 Å². The minimum atomic E-state index is -4.37. The molecular weight excluding hydrogens is 322 g/mol. The number of carbonyl (C=O) groups excluding carboxylic acids is 1. The van der Waals surface area contributed by atoms with Crippen LogP contribution in [0.5, 0.6) is 0 Å². The molecule has 1 aliphatic heterocycles. The Labute approximate surface area is 124 Å². The van der Waals surface area contributed by atoms with E-state index in [4.69, 9.17) is 16.3 Å². The lowest BCUT2D eigenvalue weighted by molar-refractivity contribution is -0.0400. The fourth-order valence-electron chi connectivity index (χ4n) is 2.02. The van der Waals surface area contributed by atoms with Gasteiger partial charge in [-0.2, -0.15) is 4.83 Å². The summed E-state index contributed by atoms with van der Waals surface area (Å²) in [5, 5.41) is 29.4. The number of hydrogen-bond acceptors (Lipinski definition) is 9. The molecule has 0 bridgehead atoms. The molecule has 1 amide bonds. The number of aromatic nitrogens is 2. The number of aliphatic hydroxyl groups is 3. The van der Waals surface area contributed by atoms with Crippen LogP contribution >= 0.6 is 0 Å². The highest BCUT2D eigenvalue weighted by molar-refractivity contribution is 7.89. The lowest BCUT2D eigenvalue weighted by Gasteiger charge is -2.20. The number of carbonyl (C=O) groups is 1. The number of aromatic amines is 1. The molecule has 1 unspecified atom stereocenters. The van der Waals surface area contributed by atoms with Crippen LogP contribution in [0.2, 0.25) is 0 Å². The van der Waals surface area contributed by atoms with Gasteiger partial charge >= 0.3 is 0 Å². The van der Waals surface area contributed by atoms with Crippen LogP contribution in [0.1, 0.15) is 22.4 Å². The molecule has 0 aliphatic carbocycles. The highest BCUT2D eigenvalue weighted by Crippen LogP contribution is 2.34. The molecule has 1 fully saturated rings. The third kappa shape index (κ3) is 2.82. The third-order valence-electron chi connectivity index (χ3n) is 3.18. The first-order valence-corrected chi connectivity index (χ1v) is 7.49. The van der Waals surface area contributed by atoms with Crippen molar-refractivity contribution in [3.63, 3.8) is 0 Å². The summed E-state index contributed by atoms with van der Waals surface area (Å²) >= 11 is 0. The molecule has 5 atom stereocenters. The molecule has 0 aromatic carbocycles. The monoisotopic (exact) mass is 337 g/mol. The van der Waals surface area contributed by atoms with Gasteiger partial charge < -0.3 is 30.8 Å². The summed E-state index contributed by atoms with van der Waals surface area (Å²) in [6.45, 7) is 0. The van der Waals surface area contributed by atoms with Crippen molar-refractivity contribution in [2.75, 3.05) is 0 Å². The van der Waals surface area contributed by atoms with E-state index in [1.54, 1.807) is 0 Å². The van der Waals surface area contributed by atoms with E-state index in [2.05, 4.69) is 9.97 Å². The summed E-state index contributed by atoms with van der Waals surface area (Å²) in [6.07, 6.45) is -5.15. The SMILES string of the molecule is NNS(=O)(=O)C(O)[C@H]1O[C@@H](c2nc(C(N)=O)c[nH]2)[C@H](O)[C@@H]1O. The molecule has 22 heavy (non-hydrogen) atoms. The summed E-state index contributed by atoms with van der Waals surface area (Å²) in [4.78, 5) is 18.6. The van der Waals surface area contributed by atoms with Gasteiger partial charge in [0.25, 0.3) is 15.9 Å². The first kappa shape index (κ1) is 16.8. The zero-order valence-corrected chi connectivity index (χ0v) is 11.8. The molecule has 2 heterocycles. The van der Waals surface area contributed by atoms with Crippen LogP contribution < -0.4 is 16.4 Å². The molecular formula is C9H15N5O7S. The van der Waals surface area contributed by atoms with Gasteiger partial charge in [-0.3, -0.25) is 10.6 Å². The zero-order chi connectivity index (χ0) is 16.7. The van der Waals surface area contributed by atoms with Gasteiger partial charge in [0.05, 0.1) is 0 Å². The number of hydrazine groups is 1. The minimum Gasteiger partial charge on any atom is -0.387 e. The Morgan fingerprint density at radius 2 is 2.09 bits per heavy atom. The van der Waals surface area contributed by atoms with Gasteiger partial charge in [-0.15, -0.1) is 0 Å². The van der Waals surface area contributed by atoms with E-state index in [0.717, 1.165) is 6.20 Å². The molecule has 0 spiro atoms. The van der Waals surface area contributed by atoms with E-state index < -0.39 is 45.8 Å². The number of aliphatic hydroxyl groups excluding tert-OH is 3. The maximum Gasteiger partial charge on any atom is 0.268 e. The number of imidazole rings is 1. The summed E-state index contributed by atoms with van der Waals surface area (Å²) < 4.78 is 28.0. The van der Waals surface area contributed by atoms with Crippen molar-refractivity contribution in [1.82, 2.24) is 14.8 Å². The van der Waals surface area contributed by atoms with Crippen molar-refractivity contribution in [3.05, 3.63) is 17.7 Å². The average Bonchev–Trinajstić information content (AvgIpc) is 3.05. The van der Waals surface area contributed by atoms with Gasteiger partial charge in [0, 0.05) is 6.20 Å². The Hall–Kier alpha value is -1.61. The molecule has 12 nitrogen and oxygen atoms in total. The number of amides is 1. The third-order valence-corrected chi connectivity index (χ3v) is 4.42. The molecule has 0 radical (unpaired) electrons. The van der Waals surface area contributed by atoms with Crippen molar-refractivity contribution in [1.29, 1.82) is 0 Å². The zero-order valence-electron chi connectivity index (χ0n) is 10.9. The molecule has 1 saturated heterocycles. The number of nitrogens with two attached hydrogens (primary N) is 2. The van der Waals surface area contributed by atoms with Crippen LogP contribution in [0.3, 0.4) is 0 Å². The Balaban J connectivity index is 2.24. The first-order chi connectivity index (χ1) is 10.2. The maximum absolute atomic E-state index is 11.4. The number of ether oxygens (including phenoxy) is 1. The molecule has 1 aromatic rings. The Bertz CT molecular complexity index is 661. The Morgan fingerprint density at radius 1 is 1.45 bits per heavy atom. The molecule has 9 N–H and O–H groups in total. The predicted octanol–water partition coefficient (Wildman–Crippen LogP) is -4.22. The van der Waals surface area contributed by atoms with Crippen LogP contribution in [-0.4, -0.2) is 63.4 Å². The molecule has 0 saturated carbocycles. The number of rotatable bonds is 5. The van der Waals surface area contributed by atoms with E-state index in [1.165, 1.54) is 4.83 Å². The van der Waals surface area contributed by atoms with Gasteiger partial charge in [0.2, 0.25) is 0 Å². The van der Waals surface area contributed by atoms with Crippen molar-refractivity contribution >= 4 is 15.9 Å². The molecule has 13 heteroatoms. The molecule has 124 valence electrons. The van der Waals surface area contributed by atoms with Crippen molar-refractivity contribution in [2.45, 2.75) is 29.9 Å². The van der Waals surface area contributed by atoms with Crippen molar-refractivity contribution < 1.29 is 33.3 Å². The van der Waals surface area contributed by atoms with Gasteiger partial charge in [-0.1, -0.05) is 0 Å². The molecule has 2 rings (SSSR count). The normalized spacial score (nSPS) is 30.4. The van der Waals surface area contributed by atoms with E-state index >= 15 is 0 Å². The lowest BCUT2D eigenvalue weighted by Crippen LogP contribution is -2.48. The predicted molar refractivity (Wildman–Crippen MR) is 69.0 cm³/mol. The Kier molecular flexibility index (Phi) is 4.48. The lowest BCUT2D eigenvalue weighted by atomic mass is 10.1. The van der Waals surface area contributed by atoms with Crippen LogP contribution in [-0.2, 0) is 14.8 Å². The van der Waals surface area contributed by atoms with Gasteiger partial charge in [-0.25, -0.2) is 13.4 Å². The topological polar surface area (TPSA) is 214 Å². The van der Waals surface area contributed by atoms with E-state index in [1.807, 2.05) is 0 Å². The van der Waals surface area contributed by atoms with Gasteiger partial charge in [-0.05, 0) is 0 Å². The van der Waals surface area contributed by atoms with Crippen LogP contribution in [0, 0.1) is 0 Å². The standard InChI is InChI=1S/C9H15N5O7S/c10-7(17)2-1-12-8(13-2)5-3(15)4(16)6(21-5)9(18)22(19,20)14-11/h1,3-6,9,14-16,18H,11H2,(H2,10,17)(H,12,13)/t3-,4+,5-,6+,9?/m1/s1. The smallest absolute Gasteiger partial charge is 0.268 e. The largest absolute Gasteiger partial charge is 0.387 e. The summed E-state index contributed by atoms with van der Waals surface area (Å²) in [7, 11) is -4.37. The number of sulfonamides is 1. The second-order valence-electron chi connectivity index (χ2n) is 4.59. The van der Waals surface area contributed by atoms with Crippen LogP contribution in [0.4, 0.5) is 0 Å². The number of primary amides is 1. The minimum absolute atomic E-state index is 0.0619. The number of nitrogens with zero attached hydrogens (tertiary/aromatic N) is 1. The first-order valence-electron chi connectivity index (χ1n) is 5.95. The molecule has 1 aliphatic rings. The quantitative estimate of drug-likeness (QED) is 0.204. The van der Waals surface area contributed by atoms with E-state index in [9.17, 15) is 28.5 Å². The number of H-pyrrole nitrogens is 1. The van der Waals surface area contributed by atoms with E-state index in [0.29, 0.717) is 0 Å².